The summed E-state index contributed by atoms with van der Waals surface area (Å²) in [7, 11) is 3.93. The molecule has 1 amide bonds. The highest BCUT2D eigenvalue weighted by molar-refractivity contribution is 6.02. The lowest BCUT2D eigenvalue weighted by Gasteiger charge is -2.38. The van der Waals surface area contributed by atoms with E-state index in [1.165, 1.54) is 0 Å². The fourth-order valence-electron chi connectivity index (χ4n) is 6.35. The number of hydrogen-bond donors (Lipinski definition) is 3. The molecule has 0 aliphatic carbocycles. The number of benzene rings is 2. The molecule has 3 aromatic heterocycles. The second kappa shape index (κ2) is 15.1. The normalized spacial score (nSPS) is 16.8. The summed E-state index contributed by atoms with van der Waals surface area (Å²) in [6, 6.07) is 17.0. The minimum Gasteiger partial charge on any atom is -0.350 e. The minimum absolute atomic E-state index is 0.154. The van der Waals surface area contributed by atoms with E-state index in [-0.39, 0.29) is 11.8 Å². The molecule has 0 bridgehead atoms. The second-order valence-electron chi connectivity index (χ2n) is 13.4. The number of pyridine rings is 1. The molecule has 5 aromatic rings. The highest BCUT2D eigenvalue weighted by Crippen LogP contribution is 2.32. The van der Waals surface area contributed by atoms with Crippen molar-refractivity contribution in [1.82, 2.24) is 34.8 Å². The van der Waals surface area contributed by atoms with Crippen LogP contribution in [0.5, 0.6) is 0 Å². The standard InChI is InChI=1S/C38H48N10O/c1-7-28-23-47(24-29(8-2)42-28)38-44-36-33(25(3)4)22-41-48(36)37(45-38)40-21-27-12-9-10-13-31(27)35-32-16-15-30(20-26(32)17-18-39-35)43-34(49)14-11-19-46(5)6/h9-18,20,22,25,28-29,42H,7-8,19,21,23-24H2,1-6H3,(H,43,49)(H,40,44,45)/b14-11+. The van der Waals surface area contributed by atoms with Crippen LogP contribution in [0.1, 0.15) is 57.6 Å². The lowest BCUT2D eigenvalue weighted by molar-refractivity contribution is -0.111. The van der Waals surface area contributed by atoms with E-state index < -0.39 is 0 Å². The molecule has 0 spiro atoms. The largest absolute Gasteiger partial charge is 0.350 e. The van der Waals surface area contributed by atoms with E-state index >= 15 is 0 Å². The van der Waals surface area contributed by atoms with Gasteiger partial charge in [0.25, 0.3) is 0 Å². The molecule has 6 rings (SSSR count). The van der Waals surface area contributed by atoms with Crippen molar-refractivity contribution in [3.05, 3.63) is 84.2 Å². The Morgan fingerprint density at radius 3 is 2.57 bits per heavy atom. The highest BCUT2D eigenvalue weighted by atomic mass is 16.1. The molecule has 4 heterocycles. The van der Waals surface area contributed by atoms with E-state index in [0.717, 1.165) is 76.4 Å². The smallest absolute Gasteiger partial charge is 0.248 e. The number of fused-ring (bicyclic) bond motifs is 2. The Morgan fingerprint density at radius 2 is 1.84 bits per heavy atom. The Balaban J connectivity index is 1.29. The number of rotatable bonds is 12. The first-order chi connectivity index (χ1) is 23.7. The number of nitrogens with one attached hydrogen (secondary N) is 3. The molecular weight excluding hydrogens is 612 g/mol. The Hall–Kier alpha value is -4.87. The van der Waals surface area contributed by atoms with Crippen LogP contribution in [0.2, 0.25) is 0 Å². The minimum atomic E-state index is -0.154. The topological polar surface area (TPSA) is 116 Å². The van der Waals surface area contributed by atoms with Crippen molar-refractivity contribution in [2.24, 2.45) is 0 Å². The van der Waals surface area contributed by atoms with Crippen LogP contribution in [0, 0.1) is 0 Å². The van der Waals surface area contributed by atoms with E-state index in [1.54, 1.807) is 6.08 Å². The molecule has 0 radical (unpaired) electrons. The third kappa shape index (κ3) is 7.73. The van der Waals surface area contributed by atoms with Crippen LogP contribution < -0.4 is 20.9 Å². The third-order valence-corrected chi connectivity index (χ3v) is 9.11. The van der Waals surface area contributed by atoms with Gasteiger partial charge in [0.05, 0.1) is 11.9 Å². The first-order valence-electron chi connectivity index (χ1n) is 17.3. The predicted molar refractivity (Wildman–Crippen MR) is 199 cm³/mol. The van der Waals surface area contributed by atoms with E-state index in [2.05, 4.69) is 60.7 Å². The van der Waals surface area contributed by atoms with Gasteiger partial charge in [-0.2, -0.15) is 19.6 Å². The van der Waals surface area contributed by atoms with E-state index in [9.17, 15) is 4.79 Å². The van der Waals surface area contributed by atoms with Gasteiger partial charge in [0.15, 0.2) is 5.65 Å². The van der Waals surface area contributed by atoms with Gasteiger partial charge in [-0.15, -0.1) is 0 Å². The van der Waals surface area contributed by atoms with Gasteiger partial charge in [-0.1, -0.05) is 64.1 Å². The molecule has 3 N–H and O–H groups in total. The molecule has 0 saturated carbocycles. The molecule has 2 unspecified atom stereocenters. The van der Waals surface area contributed by atoms with Crippen molar-refractivity contribution in [2.45, 2.75) is 65.1 Å². The number of amides is 1. The van der Waals surface area contributed by atoms with Crippen LogP contribution in [0.25, 0.3) is 27.7 Å². The van der Waals surface area contributed by atoms with E-state index in [4.69, 9.17) is 20.1 Å². The van der Waals surface area contributed by atoms with Gasteiger partial charge in [0, 0.05) is 72.7 Å². The molecule has 11 heteroatoms. The van der Waals surface area contributed by atoms with Crippen molar-refractivity contribution >= 4 is 39.9 Å². The Bertz CT molecular complexity index is 1940. The lowest BCUT2D eigenvalue weighted by atomic mass is 9.99. The summed E-state index contributed by atoms with van der Waals surface area (Å²) in [4.78, 5) is 31.8. The molecule has 256 valence electrons. The van der Waals surface area contributed by atoms with Gasteiger partial charge >= 0.3 is 0 Å². The van der Waals surface area contributed by atoms with E-state index in [0.29, 0.717) is 31.1 Å². The Kier molecular flexibility index (Phi) is 10.5. The van der Waals surface area contributed by atoms with Gasteiger partial charge in [0.2, 0.25) is 17.8 Å². The average Bonchev–Trinajstić information content (AvgIpc) is 3.55. The zero-order chi connectivity index (χ0) is 34.5. The molecule has 2 aromatic carbocycles. The first kappa shape index (κ1) is 34.0. The summed E-state index contributed by atoms with van der Waals surface area (Å²) >= 11 is 0. The summed E-state index contributed by atoms with van der Waals surface area (Å²) in [6.45, 7) is 11.7. The van der Waals surface area contributed by atoms with Crippen molar-refractivity contribution in [3.8, 4) is 11.3 Å². The SMILES string of the molecule is CCC1CN(c2nc(NCc3ccccc3-c3nccc4cc(NC(=O)/C=C/CN(C)C)ccc34)n3ncc(C(C)C)c3n2)CC(CC)N1. The van der Waals surface area contributed by atoms with Crippen molar-refractivity contribution in [3.63, 3.8) is 0 Å². The molecule has 1 aliphatic rings. The molecule has 1 aliphatic heterocycles. The zero-order valence-electron chi connectivity index (χ0n) is 29.4. The van der Waals surface area contributed by atoms with Crippen molar-refractivity contribution < 1.29 is 4.79 Å². The van der Waals surface area contributed by atoms with Crippen LogP contribution >= 0.6 is 0 Å². The maximum absolute atomic E-state index is 12.5. The predicted octanol–water partition coefficient (Wildman–Crippen LogP) is 6.10. The number of carbonyl (C=O) groups is 1. The van der Waals surface area contributed by atoms with Gasteiger partial charge in [-0.25, -0.2) is 0 Å². The number of hydrogen-bond acceptors (Lipinski definition) is 9. The van der Waals surface area contributed by atoms with Crippen LogP contribution in [-0.2, 0) is 11.3 Å². The summed E-state index contributed by atoms with van der Waals surface area (Å²) in [5, 5.41) is 17.1. The summed E-state index contributed by atoms with van der Waals surface area (Å²) in [5.74, 6) is 1.51. The fourth-order valence-corrected chi connectivity index (χ4v) is 6.35. The number of piperazine rings is 1. The molecule has 11 nitrogen and oxygen atoms in total. The zero-order valence-corrected chi connectivity index (χ0v) is 29.4. The Labute approximate surface area is 288 Å². The monoisotopic (exact) mass is 660 g/mol. The number of likely N-dealkylation sites (N-methyl/N-ethyl adjacent to an activating group) is 1. The maximum Gasteiger partial charge on any atom is 0.248 e. The summed E-state index contributed by atoms with van der Waals surface area (Å²) in [6.07, 6.45) is 9.25. The number of nitrogens with zero attached hydrogens (tertiary/aromatic N) is 7. The van der Waals surface area contributed by atoms with Crippen LogP contribution in [0.15, 0.2) is 73.1 Å². The van der Waals surface area contributed by atoms with Gasteiger partial charge in [0.1, 0.15) is 0 Å². The summed E-state index contributed by atoms with van der Waals surface area (Å²) < 4.78 is 1.83. The molecule has 1 saturated heterocycles. The molecule has 2 atom stereocenters. The Morgan fingerprint density at radius 1 is 1.06 bits per heavy atom. The number of aromatic nitrogens is 5. The van der Waals surface area contributed by atoms with Crippen LogP contribution in [-0.4, -0.2) is 81.2 Å². The molecule has 1 fully saturated rings. The average molecular weight is 661 g/mol. The number of carbonyl (C=O) groups excluding carboxylic acids is 1. The van der Waals surface area contributed by atoms with Gasteiger partial charge < -0.3 is 25.8 Å². The number of anilines is 3. The van der Waals surface area contributed by atoms with E-state index in [1.807, 2.05) is 78.4 Å². The fraction of sp³-hybridized carbons (Fsp3) is 0.395. The van der Waals surface area contributed by atoms with Crippen LogP contribution in [0.3, 0.4) is 0 Å². The third-order valence-electron chi connectivity index (χ3n) is 9.11. The van der Waals surface area contributed by atoms with Crippen LogP contribution in [0.4, 0.5) is 17.6 Å². The highest BCUT2D eigenvalue weighted by Gasteiger charge is 2.27. The van der Waals surface area contributed by atoms with Gasteiger partial charge in [-0.3, -0.25) is 9.78 Å². The second-order valence-corrected chi connectivity index (χ2v) is 13.4. The molecular formula is C38H48N10O. The first-order valence-corrected chi connectivity index (χ1v) is 17.3. The maximum atomic E-state index is 12.5. The molecule has 49 heavy (non-hydrogen) atoms. The lowest BCUT2D eigenvalue weighted by Crippen LogP contribution is -2.56. The van der Waals surface area contributed by atoms with Crippen molar-refractivity contribution in [1.29, 1.82) is 0 Å². The van der Waals surface area contributed by atoms with Crippen molar-refractivity contribution in [2.75, 3.05) is 49.3 Å². The quantitative estimate of drug-likeness (QED) is 0.137. The van der Waals surface area contributed by atoms with Gasteiger partial charge in [-0.05, 0) is 62.0 Å². The summed E-state index contributed by atoms with van der Waals surface area (Å²) in [5.41, 5.74) is 5.66.